The Balaban J connectivity index is 0.000000771. The van der Waals surface area contributed by atoms with Crippen molar-refractivity contribution in [2.75, 3.05) is 0 Å². The van der Waals surface area contributed by atoms with Gasteiger partial charge in [-0.25, -0.2) is 0 Å². The molecule has 0 radical (unpaired) electrons. The second kappa shape index (κ2) is 7.11. The lowest BCUT2D eigenvalue weighted by Gasteiger charge is -2.39. The van der Waals surface area contributed by atoms with Gasteiger partial charge in [0.25, 0.3) is 0 Å². The van der Waals surface area contributed by atoms with Crippen LogP contribution in [-0.2, 0) is 9.47 Å². The number of nitrogens with zero attached hydrogens (tertiary/aromatic N) is 1. The van der Waals surface area contributed by atoms with Gasteiger partial charge in [-0.3, -0.25) is 0 Å². The number of rotatable bonds is 3. The lowest BCUT2D eigenvalue weighted by atomic mass is 9.87. The standard InChI is InChI=1S/C13H21NO2.C2H6/c1-3-10-9-13(2)12(15-10)7-6-11(16-13)5-4-8-14;1-2/h10-12H,3-7,9H2,1-2H3;1-2H3/t10?,11-,12?,13?;/m0./s1. The molecule has 0 aromatic rings. The molecule has 3 heteroatoms. The molecule has 0 aromatic carbocycles. The average Bonchev–Trinajstić information content (AvgIpc) is 2.74. The predicted octanol–water partition coefficient (Wildman–Crippen LogP) is 3.82. The Morgan fingerprint density at radius 1 is 1.28 bits per heavy atom. The Kier molecular flexibility index (Phi) is 6.11. The van der Waals surface area contributed by atoms with Crippen LogP contribution in [0.2, 0.25) is 0 Å². The summed E-state index contributed by atoms with van der Waals surface area (Å²) < 4.78 is 12.1. The van der Waals surface area contributed by atoms with Gasteiger partial charge in [0.2, 0.25) is 0 Å². The van der Waals surface area contributed by atoms with Crippen molar-refractivity contribution in [1.82, 2.24) is 0 Å². The summed E-state index contributed by atoms with van der Waals surface area (Å²) in [6.45, 7) is 8.34. The zero-order valence-electron chi connectivity index (χ0n) is 12.2. The molecule has 2 aliphatic heterocycles. The van der Waals surface area contributed by atoms with Crippen LogP contribution >= 0.6 is 0 Å². The van der Waals surface area contributed by atoms with Crippen LogP contribution in [0.4, 0.5) is 0 Å². The van der Waals surface area contributed by atoms with Gasteiger partial charge in [-0.05, 0) is 32.6 Å². The maximum absolute atomic E-state index is 8.60. The Labute approximate surface area is 111 Å². The summed E-state index contributed by atoms with van der Waals surface area (Å²) in [5.74, 6) is 0. The van der Waals surface area contributed by atoms with E-state index in [9.17, 15) is 0 Å². The van der Waals surface area contributed by atoms with Crippen LogP contribution in [0.25, 0.3) is 0 Å². The molecular formula is C15H27NO2. The quantitative estimate of drug-likeness (QED) is 0.767. The molecule has 18 heavy (non-hydrogen) atoms. The first kappa shape index (κ1) is 15.5. The highest BCUT2D eigenvalue weighted by molar-refractivity contribution is 4.98. The molecule has 2 heterocycles. The minimum absolute atomic E-state index is 0.0982. The highest BCUT2D eigenvalue weighted by Gasteiger charge is 2.49. The fraction of sp³-hybridized carbons (Fsp3) is 0.933. The van der Waals surface area contributed by atoms with Gasteiger partial charge in [-0.1, -0.05) is 20.8 Å². The molecule has 3 nitrogen and oxygen atoms in total. The Bertz CT molecular complexity index is 287. The van der Waals surface area contributed by atoms with Gasteiger partial charge >= 0.3 is 0 Å². The van der Waals surface area contributed by atoms with Crippen molar-refractivity contribution in [2.45, 2.75) is 90.1 Å². The minimum atomic E-state index is -0.0982. The summed E-state index contributed by atoms with van der Waals surface area (Å²) >= 11 is 0. The second-order valence-corrected chi connectivity index (χ2v) is 5.19. The average molecular weight is 253 g/mol. The monoisotopic (exact) mass is 253 g/mol. The van der Waals surface area contributed by atoms with E-state index in [1.165, 1.54) is 0 Å². The molecule has 0 aromatic heterocycles. The molecule has 0 saturated carbocycles. The van der Waals surface area contributed by atoms with Crippen LogP contribution in [0.5, 0.6) is 0 Å². The molecule has 104 valence electrons. The van der Waals surface area contributed by atoms with Crippen LogP contribution in [0.3, 0.4) is 0 Å². The smallest absolute Gasteiger partial charge is 0.0943 e. The van der Waals surface area contributed by atoms with Crippen LogP contribution < -0.4 is 0 Å². The Hall–Kier alpha value is -0.590. The topological polar surface area (TPSA) is 42.2 Å². The lowest BCUT2D eigenvalue weighted by molar-refractivity contribution is -0.157. The zero-order chi connectivity index (χ0) is 13.6. The van der Waals surface area contributed by atoms with Gasteiger partial charge < -0.3 is 9.47 Å². The summed E-state index contributed by atoms with van der Waals surface area (Å²) in [4.78, 5) is 0. The third-order valence-electron chi connectivity index (χ3n) is 3.89. The third kappa shape index (κ3) is 3.46. The van der Waals surface area contributed by atoms with Gasteiger partial charge in [0.15, 0.2) is 0 Å². The SMILES string of the molecule is CC.CCC1CC2(C)O[C@@H](CCC#N)CCC2O1. The molecule has 2 aliphatic rings. The van der Waals surface area contributed by atoms with Gasteiger partial charge in [0.05, 0.1) is 30.0 Å². The summed E-state index contributed by atoms with van der Waals surface area (Å²) in [5, 5.41) is 8.60. The first-order chi connectivity index (χ1) is 8.68. The van der Waals surface area contributed by atoms with Crippen molar-refractivity contribution in [3.05, 3.63) is 0 Å². The van der Waals surface area contributed by atoms with Gasteiger partial charge in [-0.15, -0.1) is 0 Å². The van der Waals surface area contributed by atoms with Crippen LogP contribution in [0.1, 0.15) is 66.2 Å². The fourth-order valence-electron chi connectivity index (χ4n) is 2.95. The zero-order valence-corrected chi connectivity index (χ0v) is 12.2. The molecule has 0 amide bonds. The van der Waals surface area contributed by atoms with E-state index in [1.807, 2.05) is 13.8 Å². The van der Waals surface area contributed by atoms with Crippen molar-refractivity contribution >= 4 is 0 Å². The Morgan fingerprint density at radius 3 is 2.61 bits per heavy atom. The van der Waals surface area contributed by atoms with E-state index in [1.54, 1.807) is 0 Å². The van der Waals surface area contributed by atoms with Gasteiger partial charge in [0.1, 0.15) is 0 Å². The van der Waals surface area contributed by atoms with Crippen molar-refractivity contribution in [1.29, 1.82) is 5.26 Å². The summed E-state index contributed by atoms with van der Waals surface area (Å²) in [6.07, 6.45) is 6.58. The molecule has 0 N–H and O–H groups in total. The van der Waals surface area contributed by atoms with Crippen LogP contribution in [-0.4, -0.2) is 23.9 Å². The van der Waals surface area contributed by atoms with E-state index >= 15 is 0 Å². The van der Waals surface area contributed by atoms with E-state index < -0.39 is 0 Å². The van der Waals surface area contributed by atoms with Crippen molar-refractivity contribution < 1.29 is 9.47 Å². The number of ether oxygens (including phenoxy) is 2. The molecule has 3 unspecified atom stereocenters. The second-order valence-electron chi connectivity index (χ2n) is 5.19. The number of hydrogen-bond acceptors (Lipinski definition) is 3. The predicted molar refractivity (Wildman–Crippen MR) is 72.3 cm³/mol. The van der Waals surface area contributed by atoms with Crippen molar-refractivity contribution in [3.8, 4) is 6.07 Å². The van der Waals surface area contributed by atoms with E-state index in [4.69, 9.17) is 14.7 Å². The molecule has 0 spiro atoms. The largest absolute Gasteiger partial charge is 0.372 e. The van der Waals surface area contributed by atoms with Gasteiger partial charge in [-0.2, -0.15) is 5.26 Å². The minimum Gasteiger partial charge on any atom is -0.372 e. The van der Waals surface area contributed by atoms with E-state index in [0.717, 1.165) is 32.1 Å². The van der Waals surface area contributed by atoms with Crippen molar-refractivity contribution in [2.24, 2.45) is 0 Å². The Morgan fingerprint density at radius 2 is 2.00 bits per heavy atom. The molecule has 2 saturated heterocycles. The van der Waals surface area contributed by atoms with Crippen LogP contribution in [0, 0.1) is 11.3 Å². The molecule has 2 rings (SSSR count). The molecule has 0 aliphatic carbocycles. The first-order valence-electron chi connectivity index (χ1n) is 7.38. The maximum Gasteiger partial charge on any atom is 0.0943 e. The summed E-state index contributed by atoms with van der Waals surface area (Å²) in [7, 11) is 0. The van der Waals surface area contributed by atoms with E-state index in [2.05, 4.69) is 19.9 Å². The molecular weight excluding hydrogens is 226 g/mol. The maximum atomic E-state index is 8.60. The molecule has 4 atom stereocenters. The fourth-order valence-corrected chi connectivity index (χ4v) is 2.95. The summed E-state index contributed by atoms with van der Waals surface area (Å²) in [6, 6.07) is 2.20. The number of hydrogen-bond donors (Lipinski definition) is 0. The van der Waals surface area contributed by atoms with E-state index in [0.29, 0.717) is 12.5 Å². The summed E-state index contributed by atoms with van der Waals surface area (Å²) in [5.41, 5.74) is -0.0982. The normalized spacial score (nSPS) is 38.3. The highest BCUT2D eigenvalue weighted by Crippen LogP contribution is 2.42. The number of nitriles is 1. The van der Waals surface area contributed by atoms with Gasteiger partial charge in [0, 0.05) is 12.8 Å². The van der Waals surface area contributed by atoms with Crippen LogP contribution in [0.15, 0.2) is 0 Å². The number of fused-ring (bicyclic) bond motifs is 1. The molecule has 2 fully saturated rings. The first-order valence-corrected chi connectivity index (χ1v) is 7.38. The lowest BCUT2D eigenvalue weighted by Crippen LogP contribution is -2.45. The highest BCUT2D eigenvalue weighted by atomic mass is 16.6. The van der Waals surface area contributed by atoms with E-state index in [-0.39, 0.29) is 17.8 Å². The van der Waals surface area contributed by atoms with Crippen molar-refractivity contribution in [3.63, 3.8) is 0 Å². The molecule has 0 bridgehead atoms. The third-order valence-corrected chi connectivity index (χ3v) is 3.89.